The maximum Gasteiger partial charge on any atom is 0.409 e. The van der Waals surface area contributed by atoms with E-state index in [9.17, 15) is 18.0 Å². The van der Waals surface area contributed by atoms with Crippen LogP contribution in [-0.2, 0) is 31.4 Å². The Labute approximate surface area is 289 Å². The van der Waals surface area contributed by atoms with E-state index in [1.165, 1.54) is 22.1 Å². The van der Waals surface area contributed by atoms with Gasteiger partial charge in [0.1, 0.15) is 11.9 Å². The zero-order valence-electron chi connectivity index (χ0n) is 28.5. The maximum atomic E-state index is 13.8. The van der Waals surface area contributed by atoms with Gasteiger partial charge < -0.3 is 19.3 Å². The van der Waals surface area contributed by atoms with Crippen LogP contribution in [0.5, 0.6) is 5.75 Å². The molecule has 2 aliphatic carbocycles. The third kappa shape index (κ3) is 6.53. The first-order valence-electron chi connectivity index (χ1n) is 16.9. The number of aryl methyl sites for hydroxylation is 1. The van der Waals surface area contributed by atoms with Crippen LogP contribution in [0, 0.1) is 11.8 Å². The van der Waals surface area contributed by atoms with Gasteiger partial charge in [-0.1, -0.05) is 30.7 Å². The molecule has 48 heavy (non-hydrogen) atoms. The Morgan fingerprint density at radius 3 is 2.67 bits per heavy atom. The van der Waals surface area contributed by atoms with Crippen molar-refractivity contribution in [3.05, 3.63) is 64.7 Å². The molecule has 4 aliphatic rings. The number of benzene rings is 2. The van der Waals surface area contributed by atoms with Gasteiger partial charge in [0.25, 0.3) is 15.9 Å². The number of sulfonamides is 1. The number of anilines is 1. The van der Waals surface area contributed by atoms with E-state index < -0.39 is 33.7 Å². The van der Waals surface area contributed by atoms with Crippen molar-refractivity contribution in [1.82, 2.24) is 14.5 Å². The van der Waals surface area contributed by atoms with Crippen LogP contribution in [0.3, 0.4) is 0 Å². The van der Waals surface area contributed by atoms with Gasteiger partial charge >= 0.3 is 6.09 Å². The van der Waals surface area contributed by atoms with Crippen molar-refractivity contribution in [2.45, 2.75) is 74.8 Å². The highest BCUT2D eigenvalue weighted by Gasteiger charge is 2.45. The Morgan fingerprint density at radius 1 is 1.17 bits per heavy atom. The standard InChI is InChI=1S/C36H47ClN4O6S/c1-6-41-18-8-10-31(47-34(43)39(4)5)28-14-11-25(28)21-40-22-36(17-7-9-24-19-26(37)12-15-29(24)36)23-46-32-16-13-27(20-30(32)40)48(44,45)38-33(42)35(41,2)3/h8,10,12-13,15-16,19-20,25,28,31H,6-7,9,11,14,17-18,21-23H2,1-5H3,(H,38,42)/b10-8-/t25-,28+,31-,36-/m0/s1. The van der Waals surface area contributed by atoms with Crippen molar-refractivity contribution in [1.29, 1.82) is 0 Å². The summed E-state index contributed by atoms with van der Waals surface area (Å²) in [6.07, 6.45) is 7.69. The number of nitrogens with zero attached hydrogens (tertiary/aromatic N) is 3. The Hall–Kier alpha value is -3.28. The van der Waals surface area contributed by atoms with Gasteiger partial charge in [-0.3, -0.25) is 9.69 Å². The second kappa shape index (κ2) is 13.2. The molecule has 10 nitrogen and oxygen atoms in total. The van der Waals surface area contributed by atoms with Crippen molar-refractivity contribution in [3.8, 4) is 5.75 Å². The molecule has 2 aliphatic heterocycles. The normalized spacial score (nSPS) is 28.8. The lowest BCUT2D eigenvalue weighted by Crippen LogP contribution is -2.56. The minimum atomic E-state index is -4.21. The molecule has 12 heteroatoms. The van der Waals surface area contributed by atoms with Gasteiger partial charge in [0, 0.05) is 50.1 Å². The van der Waals surface area contributed by atoms with Crippen molar-refractivity contribution in [2.24, 2.45) is 11.8 Å². The van der Waals surface area contributed by atoms with Crippen LogP contribution >= 0.6 is 11.6 Å². The average Bonchev–Trinajstić information content (AvgIpc) is 3.17. The molecule has 1 fully saturated rings. The Morgan fingerprint density at radius 2 is 1.96 bits per heavy atom. The quantitative estimate of drug-likeness (QED) is 0.417. The van der Waals surface area contributed by atoms with E-state index in [1.807, 2.05) is 30.0 Å². The fourth-order valence-corrected chi connectivity index (χ4v) is 9.13. The Bertz CT molecular complexity index is 1710. The van der Waals surface area contributed by atoms with Crippen LogP contribution in [0.2, 0.25) is 5.02 Å². The Balaban J connectivity index is 1.45. The van der Waals surface area contributed by atoms with Gasteiger partial charge in [-0.2, -0.15) is 0 Å². The van der Waals surface area contributed by atoms with Crippen molar-refractivity contribution in [2.75, 3.05) is 51.8 Å². The number of rotatable bonds is 2. The van der Waals surface area contributed by atoms with Crippen LogP contribution in [0.1, 0.15) is 57.6 Å². The van der Waals surface area contributed by atoms with Gasteiger partial charge in [0.15, 0.2) is 0 Å². The van der Waals surface area contributed by atoms with Crippen LogP contribution in [-0.4, -0.2) is 88.7 Å². The van der Waals surface area contributed by atoms with E-state index in [0.717, 1.165) is 32.1 Å². The zero-order chi connectivity index (χ0) is 34.4. The summed E-state index contributed by atoms with van der Waals surface area (Å²) in [5, 5.41) is 0.708. The molecule has 4 atom stereocenters. The molecule has 0 unspecified atom stereocenters. The smallest absolute Gasteiger partial charge is 0.409 e. The van der Waals surface area contributed by atoms with Crippen molar-refractivity contribution >= 4 is 39.3 Å². The molecule has 1 N–H and O–H groups in total. The van der Waals surface area contributed by atoms with Gasteiger partial charge in [-0.05, 0) is 106 Å². The highest BCUT2D eigenvalue weighted by molar-refractivity contribution is 7.90. The van der Waals surface area contributed by atoms with E-state index >= 15 is 0 Å². The van der Waals surface area contributed by atoms with Crippen LogP contribution in [0.15, 0.2) is 53.4 Å². The first-order chi connectivity index (χ1) is 22.7. The molecular weight excluding hydrogens is 652 g/mol. The highest BCUT2D eigenvalue weighted by Crippen LogP contribution is 2.47. The van der Waals surface area contributed by atoms with Gasteiger partial charge in [-0.25, -0.2) is 17.9 Å². The molecule has 1 spiro atoms. The van der Waals surface area contributed by atoms with Crippen LogP contribution in [0.4, 0.5) is 10.5 Å². The first kappa shape index (κ1) is 34.6. The molecule has 0 saturated heterocycles. The molecule has 2 aromatic rings. The minimum absolute atomic E-state index is 0.00348. The summed E-state index contributed by atoms with van der Waals surface area (Å²) in [7, 11) is -0.856. The first-order valence-corrected chi connectivity index (χ1v) is 18.8. The number of nitrogens with one attached hydrogen (secondary N) is 1. The lowest BCUT2D eigenvalue weighted by atomic mass is 9.68. The lowest BCUT2D eigenvalue weighted by Gasteiger charge is -2.46. The van der Waals surface area contributed by atoms with Gasteiger partial charge in [0.05, 0.1) is 22.7 Å². The molecular formula is C36H47ClN4O6S. The average molecular weight is 699 g/mol. The van der Waals surface area contributed by atoms with Gasteiger partial charge in [-0.15, -0.1) is 0 Å². The molecule has 0 radical (unpaired) electrons. The predicted octanol–water partition coefficient (Wildman–Crippen LogP) is 5.38. The molecule has 2 amide bonds. The van der Waals surface area contributed by atoms with Crippen LogP contribution < -0.4 is 14.4 Å². The van der Waals surface area contributed by atoms with Crippen LogP contribution in [0.25, 0.3) is 0 Å². The van der Waals surface area contributed by atoms with E-state index in [0.29, 0.717) is 49.2 Å². The van der Waals surface area contributed by atoms with Crippen molar-refractivity contribution < 1.29 is 27.5 Å². The number of hydrogen-bond acceptors (Lipinski definition) is 8. The monoisotopic (exact) mass is 698 g/mol. The fraction of sp³-hybridized carbons (Fsp3) is 0.556. The molecule has 1 saturated carbocycles. The summed E-state index contributed by atoms with van der Waals surface area (Å²) >= 11 is 6.43. The second-order valence-corrected chi connectivity index (χ2v) is 16.6. The third-order valence-corrected chi connectivity index (χ3v) is 12.4. The Kier molecular flexibility index (Phi) is 9.52. The predicted molar refractivity (Wildman–Crippen MR) is 186 cm³/mol. The summed E-state index contributed by atoms with van der Waals surface area (Å²) < 4.78 is 42.6. The molecule has 6 rings (SSSR count). The lowest BCUT2D eigenvalue weighted by molar-refractivity contribution is -0.129. The second-order valence-electron chi connectivity index (χ2n) is 14.4. The molecule has 2 bridgehead atoms. The van der Waals surface area contributed by atoms with Crippen molar-refractivity contribution in [3.63, 3.8) is 0 Å². The number of carbonyl (C=O) groups excluding carboxylic acids is 2. The van der Waals surface area contributed by atoms with E-state index in [1.54, 1.807) is 40.1 Å². The maximum absolute atomic E-state index is 13.8. The number of carbonyl (C=O) groups is 2. The highest BCUT2D eigenvalue weighted by atomic mass is 35.5. The molecule has 0 aromatic heterocycles. The number of halogens is 1. The molecule has 2 aromatic carbocycles. The third-order valence-electron chi connectivity index (χ3n) is 10.9. The number of amides is 2. The minimum Gasteiger partial charge on any atom is -0.490 e. The molecule has 2 heterocycles. The topological polar surface area (TPSA) is 108 Å². The summed E-state index contributed by atoms with van der Waals surface area (Å²) in [5.41, 5.74) is 1.62. The summed E-state index contributed by atoms with van der Waals surface area (Å²) in [4.78, 5) is 32.1. The molecule has 260 valence electrons. The largest absolute Gasteiger partial charge is 0.490 e. The van der Waals surface area contributed by atoms with E-state index in [2.05, 4.69) is 21.8 Å². The number of fused-ring (bicyclic) bond motifs is 4. The zero-order valence-corrected chi connectivity index (χ0v) is 30.1. The SMILES string of the molecule is CCN1C/C=C\[C@H](OC(=O)N(C)C)[C@@H]2CC[C@H]2CN2C[C@@]3(CCCc4cc(Cl)ccc43)COc3ccc(cc32)S(=O)(=O)NC(=O)C1(C)C. The number of likely N-dealkylation sites (N-methyl/N-ethyl adjacent to an activating group) is 1. The summed E-state index contributed by atoms with van der Waals surface area (Å²) in [6, 6.07) is 11.0. The van der Waals surface area contributed by atoms with E-state index in [-0.39, 0.29) is 22.1 Å². The summed E-state index contributed by atoms with van der Waals surface area (Å²) in [6.45, 7) is 7.91. The van der Waals surface area contributed by atoms with E-state index in [4.69, 9.17) is 21.1 Å². The summed E-state index contributed by atoms with van der Waals surface area (Å²) in [5.74, 6) is 0.219. The number of ether oxygens (including phenoxy) is 2. The van der Waals surface area contributed by atoms with Gasteiger partial charge in [0.2, 0.25) is 0 Å². The fourth-order valence-electron chi connectivity index (χ4n) is 7.81. The number of hydrogen-bond donors (Lipinski definition) is 1.